The van der Waals surface area contributed by atoms with E-state index < -0.39 is 0 Å². The van der Waals surface area contributed by atoms with Gasteiger partial charge in [-0.2, -0.15) is 0 Å². The normalized spacial score (nSPS) is 42.3. The Morgan fingerprint density at radius 2 is 2.00 bits per heavy atom. The number of carbonyl (C=O) groups excluding carboxylic acids is 2. The Kier molecular flexibility index (Phi) is 3.53. The van der Waals surface area contributed by atoms with Gasteiger partial charge < -0.3 is 4.74 Å². The first-order chi connectivity index (χ1) is 11.0. The summed E-state index contributed by atoms with van der Waals surface area (Å²) < 4.78 is 5.65. The molecule has 0 radical (unpaired) electrons. The molecule has 124 valence electrons. The standard InChI is InChI=1S/C20H26O3/c1-3-23-13-5-7-14-12(10-13)4-6-15-16-8-9-18(22)20(16,2)11-17(21)19(14)15/h14-16,19H,3-9,11H2,1-2H3/t14-,15-,16-,19+,20-/m0/s1. The fourth-order valence-corrected chi connectivity index (χ4v) is 5.93. The van der Waals surface area contributed by atoms with E-state index in [-0.39, 0.29) is 11.3 Å². The van der Waals surface area contributed by atoms with Gasteiger partial charge in [-0.1, -0.05) is 12.7 Å². The smallest absolute Gasteiger partial charge is 0.139 e. The van der Waals surface area contributed by atoms with Crippen molar-refractivity contribution in [3.63, 3.8) is 0 Å². The van der Waals surface area contributed by atoms with Crippen LogP contribution >= 0.6 is 0 Å². The highest BCUT2D eigenvalue weighted by molar-refractivity contribution is 5.95. The van der Waals surface area contributed by atoms with Crippen LogP contribution in [-0.2, 0) is 14.3 Å². The molecule has 0 spiro atoms. The van der Waals surface area contributed by atoms with Gasteiger partial charge in [-0.15, -0.1) is 0 Å². The molecule has 0 aliphatic heterocycles. The van der Waals surface area contributed by atoms with Crippen LogP contribution < -0.4 is 0 Å². The van der Waals surface area contributed by atoms with Crippen LogP contribution in [0.4, 0.5) is 0 Å². The summed E-state index contributed by atoms with van der Waals surface area (Å²) in [5.41, 5.74) is 4.43. The third-order valence-corrected chi connectivity index (χ3v) is 6.96. The maximum Gasteiger partial charge on any atom is 0.139 e. The van der Waals surface area contributed by atoms with Crippen LogP contribution in [0.5, 0.6) is 0 Å². The molecular formula is C20H26O3. The average Bonchev–Trinajstić information content (AvgIpc) is 2.82. The lowest BCUT2D eigenvalue weighted by molar-refractivity contribution is -0.145. The van der Waals surface area contributed by atoms with Gasteiger partial charge in [0.15, 0.2) is 0 Å². The number of hydrogen-bond donors (Lipinski definition) is 0. The highest BCUT2D eigenvalue weighted by Crippen LogP contribution is 2.59. The van der Waals surface area contributed by atoms with Gasteiger partial charge in [0.1, 0.15) is 17.3 Å². The molecule has 4 rings (SSSR count). The molecule has 3 saturated carbocycles. The van der Waals surface area contributed by atoms with Crippen LogP contribution in [0.15, 0.2) is 17.1 Å². The number of ether oxygens (including phenoxy) is 1. The molecule has 0 amide bonds. The predicted octanol–water partition coefficient (Wildman–Crippen LogP) is 3.83. The summed E-state index contributed by atoms with van der Waals surface area (Å²) in [6.45, 7) is 4.75. The first-order valence-electron chi connectivity index (χ1n) is 9.22. The van der Waals surface area contributed by atoms with Gasteiger partial charge in [-0.25, -0.2) is 0 Å². The number of allylic oxidation sites excluding steroid dienone is 1. The zero-order valence-corrected chi connectivity index (χ0v) is 14.2. The summed E-state index contributed by atoms with van der Waals surface area (Å²) >= 11 is 0. The SMILES string of the molecule is CCOC1=C=C2CC[C@@H]3[C@H](C(=O)C[C@]4(C)C(=O)CC[C@@H]34)[C@H]2CC1. The maximum absolute atomic E-state index is 13.0. The summed E-state index contributed by atoms with van der Waals surface area (Å²) in [6, 6.07) is 0. The molecular weight excluding hydrogens is 288 g/mol. The van der Waals surface area contributed by atoms with Crippen LogP contribution in [0.2, 0.25) is 0 Å². The fraction of sp³-hybridized carbons (Fsp3) is 0.750. The lowest BCUT2D eigenvalue weighted by Crippen LogP contribution is -2.51. The summed E-state index contributed by atoms with van der Waals surface area (Å²) in [5.74, 6) is 2.98. The minimum absolute atomic E-state index is 0.137. The number of ketones is 2. The van der Waals surface area contributed by atoms with Gasteiger partial charge in [-0.05, 0) is 55.9 Å². The summed E-state index contributed by atoms with van der Waals surface area (Å²) in [6.07, 6.45) is 6.14. The third-order valence-electron chi connectivity index (χ3n) is 6.96. The largest absolute Gasteiger partial charge is 0.490 e. The van der Waals surface area contributed by atoms with E-state index in [9.17, 15) is 9.59 Å². The van der Waals surface area contributed by atoms with Gasteiger partial charge in [-0.3, -0.25) is 9.59 Å². The van der Waals surface area contributed by atoms with Crippen molar-refractivity contribution in [2.75, 3.05) is 6.61 Å². The van der Waals surface area contributed by atoms with Crippen molar-refractivity contribution < 1.29 is 14.3 Å². The summed E-state index contributed by atoms with van der Waals surface area (Å²) in [4.78, 5) is 25.3. The molecule has 3 heteroatoms. The maximum atomic E-state index is 13.0. The van der Waals surface area contributed by atoms with Crippen LogP contribution in [0.25, 0.3) is 0 Å². The van der Waals surface area contributed by atoms with Gasteiger partial charge in [0.05, 0.1) is 6.61 Å². The van der Waals surface area contributed by atoms with Crippen molar-refractivity contribution in [2.24, 2.45) is 29.1 Å². The number of Topliss-reactive ketones (excluding diaryl/α,β-unsaturated/α-hetero) is 2. The van der Waals surface area contributed by atoms with Crippen molar-refractivity contribution in [3.05, 3.63) is 17.1 Å². The summed E-state index contributed by atoms with van der Waals surface area (Å²) in [5, 5.41) is 0. The van der Waals surface area contributed by atoms with Crippen molar-refractivity contribution in [3.8, 4) is 0 Å². The molecule has 4 aliphatic carbocycles. The van der Waals surface area contributed by atoms with E-state index in [1.54, 1.807) is 0 Å². The predicted molar refractivity (Wildman–Crippen MR) is 86.6 cm³/mol. The average molecular weight is 314 g/mol. The van der Waals surface area contributed by atoms with E-state index >= 15 is 0 Å². The Balaban J connectivity index is 1.68. The molecule has 0 heterocycles. The van der Waals surface area contributed by atoms with Crippen molar-refractivity contribution in [1.82, 2.24) is 0 Å². The van der Waals surface area contributed by atoms with Crippen LogP contribution in [-0.4, -0.2) is 18.2 Å². The van der Waals surface area contributed by atoms with Gasteiger partial charge in [0.2, 0.25) is 0 Å². The van der Waals surface area contributed by atoms with Crippen molar-refractivity contribution >= 4 is 11.6 Å². The molecule has 0 saturated heterocycles. The van der Waals surface area contributed by atoms with Crippen LogP contribution in [0, 0.1) is 29.1 Å². The molecule has 0 N–H and O–H groups in total. The zero-order valence-electron chi connectivity index (χ0n) is 14.2. The molecule has 0 aromatic carbocycles. The van der Waals surface area contributed by atoms with E-state index in [0.29, 0.717) is 48.8 Å². The number of hydrogen-bond acceptors (Lipinski definition) is 3. The lowest BCUT2D eigenvalue weighted by atomic mass is 9.52. The highest BCUT2D eigenvalue weighted by atomic mass is 16.5. The van der Waals surface area contributed by atoms with E-state index in [1.165, 1.54) is 5.57 Å². The third kappa shape index (κ3) is 2.16. The second-order valence-corrected chi connectivity index (χ2v) is 8.01. The molecule has 4 aliphatic rings. The first-order valence-corrected chi connectivity index (χ1v) is 9.22. The minimum atomic E-state index is -0.361. The number of carbonyl (C=O) groups is 2. The molecule has 0 unspecified atom stereocenters. The van der Waals surface area contributed by atoms with Crippen molar-refractivity contribution in [2.45, 2.75) is 58.8 Å². The van der Waals surface area contributed by atoms with E-state index in [0.717, 1.165) is 37.9 Å². The quantitative estimate of drug-likeness (QED) is 0.728. The molecule has 0 aromatic heterocycles. The van der Waals surface area contributed by atoms with E-state index in [4.69, 9.17) is 4.74 Å². The Morgan fingerprint density at radius 1 is 1.17 bits per heavy atom. The molecule has 0 bridgehead atoms. The first kappa shape index (κ1) is 15.2. The van der Waals surface area contributed by atoms with Crippen LogP contribution in [0.1, 0.15) is 58.8 Å². The molecule has 3 fully saturated rings. The van der Waals surface area contributed by atoms with Crippen molar-refractivity contribution in [1.29, 1.82) is 0 Å². The Morgan fingerprint density at radius 3 is 2.78 bits per heavy atom. The van der Waals surface area contributed by atoms with Gasteiger partial charge in [0.25, 0.3) is 0 Å². The number of rotatable bonds is 2. The monoisotopic (exact) mass is 314 g/mol. The molecule has 5 atom stereocenters. The van der Waals surface area contributed by atoms with E-state index in [1.807, 2.05) is 6.92 Å². The number of fused-ring (bicyclic) bond motifs is 5. The zero-order chi connectivity index (χ0) is 16.2. The second kappa shape index (κ2) is 5.34. The minimum Gasteiger partial charge on any atom is -0.490 e. The molecule has 3 nitrogen and oxygen atoms in total. The molecule has 23 heavy (non-hydrogen) atoms. The Hall–Kier alpha value is -1.34. The Bertz CT molecular complexity index is 625. The van der Waals surface area contributed by atoms with Gasteiger partial charge >= 0.3 is 0 Å². The van der Waals surface area contributed by atoms with E-state index in [2.05, 4.69) is 12.7 Å². The summed E-state index contributed by atoms with van der Waals surface area (Å²) in [7, 11) is 0. The topological polar surface area (TPSA) is 43.4 Å². The second-order valence-electron chi connectivity index (χ2n) is 8.01. The molecule has 0 aromatic rings. The van der Waals surface area contributed by atoms with Gasteiger partial charge in [0, 0.05) is 30.6 Å². The Labute approximate surface area is 138 Å². The fourth-order valence-electron chi connectivity index (χ4n) is 5.93. The van der Waals surface area contributed by atoms with Crippen LogP contribution in [0.3, 0.4) is 0 Å². The highest BCUT2D eigenvalue weighted by Gasteiger charge is 2.59. The lowest BCUT2D eigenvalue weighted by Gasteiger charge is -2.50.